The van der Waals surface area contributed by atoms with E-state index < -0.39 is 0 Å². The first-order chi connectivity index (χ1) is 11.2. The molecule has 0 aliphatic carbocycles. The summed E-state index contributed by atoms with van der Waals surface area (Å²) < 4.78 is 18.3. The highest BCUT2D eigenvalue weighted by atomic mass is 19.1. The van der Waals surface area contributed by atoms with Crippen LogP contribution in [0.2, 0.25) is 0 Å². The van der Waals surface area contributed by atoms with Crippen molar-refractivity contribution in [1.82, 2.24) is 0 Å². The van der Waals surface area contributed by atoms with Gasteiger partial charge >= 0.3 is 0 Å². The molecule has 0 aromatic heterocycles. The Bertz CT molecular complexity index is 686. The van der Waals surface area contributed by atoms with Gasteiger partial charge in [-0.2, -0.15) is 0 Å². The molecule has 0 amide bonds. The molecule has 0 saturated heterocycles. The van der Waals surface area contributed by atoms with Gasteiger partial charge in [-0.05, 0) is 42.0 Å². The second-order valence-corrected chi connectivity index (χ2v) is 5.56. The Hall–Kier alpha value is -2.40. The molecule has 2 N–H and O–H groups in total. The van der Waals surface area contributed by atoms with Crippen LogP contribution in [-0.4, -0.2) is 25.5 Å². The number of oxime groups is 1. The van der Waals surface area contributed by atoms with E-state index in [2.05, 4.69) is 10.5 Å². The maximum atomic E-state index is 13.1. The Morgan fingerprint density at radius 2 is 2.09 bits per heavy atom. The Kier molecular flexibility index (Phi) is 4.88. The second kappa shape index (κ2) is 7.24. The van der Waals surface area contributed by atoms with Crippen molar-refractivity contribution in [3.05, 3.63) is 65.5 Å². The minimum Gasteiger partial charge on any atom is -0.497 e. The van der Waals surface area contributed by atoms with E-state index >= 15 is 0 Å². The van der Waals surface area contributed by atoms with E-state index in [1.54, 1.807) is 19.2 Å². The van der Waals surface area contributed by atoms with Crippen LogP contribution in [0.25, 0.3) is 0 Å². The highest BCUT2D eigenvalue weighted by Crippen LogP contribution is 2.18. The molecule has 1 heterocycles. The SMILES string of the molecule is COc1ccc(C2=NO[C@H](C[NH2+]Cc3cccc(F)c3)C2)cc1. The number of nitrogens with two attached hydrogens (primary N) is 1. The molecule has 23 heavy (non-hydrogen) atoms. The van der Waals surface area contributed by atoms with Gasteiger partial charge in [0.15, 0.2) is 6.10 Å². The average molecular weight is 315 g/mol. The lowest BCUT2D eigenvalue weighted by molar-refractivity contribution is -0.676. The smallest absolute Gasteiger partial charge is 0.181 e. The lowest BCUT2D eigenvalue weighted by atomic mass is 10.0. The van der Waals surface area contributed by atoms with Crippen LogP contribution < -0.4 is 10.1 Å². The van der Waals surface area contributed by atoms with Crippen LogP contribution in [0, 0.1) is 5.82 Å². The molecule has 0 bridgehead atoms. The van der Waals surface area contributed by atoms with Crippen LogP contribution in [0.5, 0.6) is 5.75 Å². The Morgan fingerprint density at radius 1 is 1.26 bits per heavy atom. The van der Waals surface area contributed by atoms with Crippen molar-refractivity contribution in [2.75, 3.05) is 13.7 Å². The molecule has 5 heteroatoms. The number of quaternary nitrogens is 1. The third-order valence-electron chi connectivity index (χ3n) is 3.85. The first-order valence-corrected chi connectivity index (χ1v) is 7.68. The lowest BCUT2D eigenvalue weighted by Crippen LogP contribution is -2.84. The molecule has 0 unspecified atom stereocenters. The zero-order chi connectivity index (χ0) is 16.1. The van der Waals surface area contributed by atoms with Gasteiger partial charge in [-0.15, -0.1) is 0 Å². The molecule has 0 fully saturated rings. The van der Waals surface area contributed by atoms with E-state index in [1.165, 1.54) is 6.07 Å². The molecule has 2 aromatic rings. The van der Waals surface area contributed by atoms with E-state index in [0.29, 0.717) is 0 Å². The summed E-state index contributed by atoms with van der Waals surface area (Å²) in [6.07, 6.45) is 0.840. The summed E-state index contributed by atoms with van der Waals surface area (Å²) in [5.41, 5.74) is 2.98. The minimum absolute atomic E-state index is 0.0562. The zero-order valence-corrected chi connectivity index (χ0v) is 13.0. The molecule has 2 aromatic carbocycles. The topological polar surface area (TPSA) is 47.4 Å². The third kappa shape index (κ3) is 4.07. The summed E-state index contributed by atoms with van der Waals surface area (Å²) in [5, 5.41) is 6.30. The normalized spacial score (nSPS) is 16.8. The molecule has 4 nitrogen and oxygen atoms in total. The van der Waals surface area contributed by atoms with Crippen molar-refractivity contribution in [1.29, 1.82) is 0 Å². The van der Waals surface area contributed by atoms with Crippen molar-refractivity contribution in [2.24, 2.45) is 5.16 Å². The first-order valence-electron chi connectivity index (χ1n) is 7.68. The van der Waals surface area contributed by atoms with E-state index in [-0.39, 0.29) is 11.9 Å². The fourth-order valence-corrected chi connectivity index (χ4v) is 2.61. The van der Waals surface area contributed by atoms with Crippen LogP contribution in [0.15, 0.2) is 53.7 Å². The molecule has 0 saturated carbocycles. The molecule has 3 rings (SSSR count). The molecule has 0 spiro atoms. The van der Waals surface area contributed by atoms with Gasteiger partial charge in [0.05, 0.1) is 12.8 Å². The zero-order valence-electron chi connectivity index (χ0n) is 13.0. The van der Waals surface area contributed by atoms with Crippen molar-refractivity contribution >= 4 is 5.71 Å². The predicted molar refractivity (Wildman–Crippen MR) is 85.9 cm³/mol. The maximum Gasteiger partial charge on any atom is 0.181 e. The summed E-state index contributed by atoms with van der Waals surface area (Å²) in [7, 11) is 1.65. The monoisotopic (exact) mass is 315 g/mol. The van der Waals surface area contributed by atoms with Crippen LogP contribution in [-0.2, 0) is 11.4 Å². The average Bonchev–Trinajstić information content (AvgIpc) is 3.04. The molecule has 120 valence electrons. The first kappa shape index (κ1) is 15.5. The van der Waals surface area contributed by atoms with Crippen LogP contribution in [0.1, 0.15) is 17.5 Å². The molecular weight excluding hydrogens is 295 g/mol. The Morgan fingerprint density at radius 3 is 2.83 bits per heavy atom. The third-order valence-corrected chi connectivity index (χ3v) is 3.85. The van der Waals surface area contributed by atoms with Gasteiger partial charge in [0.1, 0.15) is 24.7 Å². The van der Waals surface area contributed by atoms with Crippen molar-refractivity contribution in [3.8, 4) is 5.75 Å². The number of benzene rings is 2. The van der Waals surface area contributed by atoms with E-state index in [1.807, 2.05) is 30.3 Å². The van der Waals surface area contributed by atoms with Gasteiger partial charge in [-0.3, -0.25) is 0 Å². The summed E-state index contributed by atoms with van der Waals surface area (Å²) in [6.45, 7) is 1.52. The lowest BCUT2D eigenvalue weighted by Gasteiger charge is -2.07. The van der Waals surface area contributed by atoms with Crippen molar-refractivity contribution in [2.45, 2.75) is 19.1 Å². The van der Waals surface area contributed by atoms with Gasteiger partial charge in [0.25, 0.3) is 0 Å². The number of hydrogen-bond donors (Lipinski definition) is 1. The molecule has 1 aliphatic rings. The number of hydrogen-bond acceptors (Lipinski definition) is 3. The minimum atomic E-state index is -0.196. The quantitative estimate of drug-likeness (QED) is 0.887. The van der Waals surface area contributed by atoms with Gasteiger partial charge in [0.2, 0.25) is 0 Å². The molecule has 0 radical (unpaired) electrons. The van der Waals surface area contributed by atoms with Gasteiger partial charge in [0, 0.05) is 12.0 Å². The van der Waals surface area contributed by atoms with E-state index in [0.717, 1.165) is 42.1 Å². The molecule has 1 atom stereocenters. The largest absolute Gasteiger partial charge is 0.497 e. The summed E-state index contributed by atoms with van der Waals surface area (Å²) in [5.74, 6) is 0.631. The summed E-state index contributed by atoms with van der Waals surface area (Å²) >= 11 is 0. The highest BCUT2D eigenvalue weighted by molar-refractivity contribution is 6.01. The molecule has 1 aliphatic heterocycles. The van der Waals surface area contributed by atoms with Crippen LogP contribution in [0.3, 0.4) is 0 Å². The van der Waals surface area contributed by atoms with Gasteiger partial charge in [-0.1, -0.05) is 17.3 Å². The number of halogens is 1. The predicted octanol–water partition coefficient (Wildman–Crippen LogP) is 2.09. The Balaban J connectivity index is 1.47. The second-order valence-electron chi connectivity index (χ2n) is 5.56. The standard InChI is InChI=1S/C18H19FN2O2/c1-22-16-7-5-14(6-8-16)18-10-17(23-21-18)12-20-11-13-3-2-4-15(19)9-13/h2-9,17,20H,10-12H2,1H3/p+1/t17-/m0/s1. The summed E-state index contributed by atoms with van der Waals surface area (Å²) in [4.78, 5) is 5.49. The van der Waals surface area contributed by atoms with Crippen LogP contribution >= 0.6 is 0 Å². The van der Waals surface area contributed by atoms with E-state index in [9.17, 15) is 4.39 Å². The van der Waals surface area contributed by atoms with Gasteiger partial charge in [-0.25, -0.2) is 4.39 Å². The van der Waals surface area contributed by atoms with Crippen LogP contribution in [0.4, 0.5) is 4.39 Å². The number of nitrogens with zero attached hydrogens (tertiary/aromatic N) is 1. The van der Waals surface area contributed by atoms with Crippen molar-refractivity contribution in [3.63, 3.8) is 0 Å². The fraction of sp³-hybridized carbons (Fsp3) is 0.278. The van der Waals surface area contributed by atoms with E-state index in [4.69, 9.17) is 9.57 Å². The fourth-order valence-electron chi connectivity index (χ4n) is 2.61. The number of methoxy groups -OCH3 is 1. The Labute approximate surface area is 134 Å². The maximum absolute atomic E-state index is 13.1. The number of rotatable bonds is 6. The highest BCUT2D eigenvalue weighted by Gasteiger charge is 2.23. The summed E-state index contributed by atoms with van der Waals surface area (Å²) in [6, 6.07) is 14.5. The molecular formula is C18H20FN2O2+. The van der Waals surface area contributed by atoms with Gasteiger partial charge < -0.3 is 14.9 Å². The number of ether oxygens (including phenoxy) is 1. The van der Waals surface area contributed by atoms with Crippen molar-refractivity contribution < 1.29 is 19.3 Å².